The van der Waals surface area contributed by atoms with Crippen LogP contribution in [0.15, 0.2) is 30.4 Å². The fraction of sp³-hybridized carbons (Fsp3) is 0.400. The molecule has 0 spiro atoms. The molecule has 0 aliphatic carbocycles. The molecule has 0 unspecified atom stereocenters. The Kier molecular flexibility index (Phi) is 5.47. The van der Waals surface area contributed by atoms with E-state index in [9.17, 15) is 4.79 Å². The van der Waals surface area contributed by atoms with E-state index in [0.29, 0.717) is 5.75 Å². The molecule has 2 heteroatoms. The van der Waals surface area contributed by atoms with Crippen molar-refractivity contribution in [2.75, 3.05) is 0 Å². The van der Waals surface area contributed by atoms with Gasteiger partial charge in [-0.25, -0.2) is 0 Å². The first-order valence-corrected chi connectivity index (χ1v) is 6.08. The summed E-state index contributed by atoms with van der Waals surface area (Å²) >= 11 is 0. The molecule has 1 rings (SSSR count). The molecule has 1 aromatic rings. The molecule has 0 amide bonds. The normalized spacial score (nSPS) is 10.8. The van der Waals surface area contributed by atoms with Crippen LogP contribution in [-0.4, -0.2) is 5.97 Å². The quantitative estimate of drug-likeness (QED) is 0.440. The van der Waals surface area contributed by atoms with Gasteiger partial charge in [-0.15, -0.1) is 0 Å². The molecule has 0 aliphatic rings. The van der Waals surface area contributed by atoms with Crippen LogP contribution in [-0.2, 0) is 17.6 Å². The SMILES string of the molecule is CC=CCc1cc(OC(C)=O)ccc1CCC. The van der Waals surface area contributed by atoms with Gasteiger partial charge in [0.25, 0.3) is 0 Å². The van der Waals surface area contributed by atoms with Gasteiger partial charge in [-0.1, -0.05) is 31.6 Å². The number of esters is 1. The minimum absolute atomic E-state index is 0.273. The van der Waals surface area contributed by atoms with Crippen molar-refractivity contribution >= 4 is 5.97 Å². The summed E-state index contributed by atoms with van der Waals surface area (Å²) < 4.78 is 5.10. The van der Waals surface area contributed by atoms with E-state index in [1.165, 1.54) is 18.1 Å². The first-order valence-electron chi connectivity index (χ1n) is 6.08. The first-order chi connectivity index (χ1) is 8.17. The summed E-state index contributed by atoms with van der Waals surface area (Å²) in [6.45, 7) is 5.60. The molecule has 0 aromatic heterocycles. The second kappa shape index (κ2) is 6.89. The van der Waals surface area contributed by atoms with Crippen LogP contribution < -0.4 is 4.74 Å². The summed E-state index contributed by atoms with van der Waals surface area (Å²) in [7, 11) is 0. The van der Waals surface area contributed by atoms with E-state index in [0.717, 1.165) is 19.3 Å². The molecule has 0 fully saturated rings. The van der Waals surface area contributed by atoms with Crippen molar-refractivity contribution in [3.05, 3.63) is 41.5 Å². The monoisotopic (exact) mass is 232 g/mol. The number of ether oxygens (including phenoxy) is 1. The standard InChI is InChI=1S/C15H20O2/c1-4-6-8-14-11-15(17-12(3)16)10-9-13(14)7-5-2/h4,6,9-11H,5,7-8H2,1-3H3. The number of benzene rings is 1. The van der Waals surface area contributed by atoms with Crippen molar-refractivity contribution in [1.82, 2.24) is 0 Å². The van der Waals surface area contributed by atoms with E-state index in [4.69, 9.17) is 4.74 Å². The Bertz CT molecular complexity index is 405. The summed E-state index contributed by atoms with van der Waals surface area (Å²) in [4.78, 5) is 10.9. The summed E-state index contributed by atoms with van der Waals surface area (Å²) in [5, 5.41) is 0. The van der Waals surface area contributed by atoms with Crippen molar-refractivity contribution in [3.8, 4) is 5.75 Å². The van der Waals surface area contributed by atoms with Gasteiger partial charge < -0.3 is 4.74 Å². The third-order valence-corrected chi connectivity index (χ3v) is 2.53. The second-order valence-electron chi connectivity index (χ2n) is 4.05. The van der Waals surface area contributed by atoms with Crippen molar-refractivity contribution in [3.63, 3.8) is 0 Å². The zero-order chi connectivity index (χ0) is 12.7. The molecule has 0 saturated heterocycles. The zero-order valence-electron chi connectivity index (χ0n) is 10.8. The average molecular weight is 232 g/mol. The highest BCUT2D eigenvalue weighted by Crippen LogP contribution is 2.20. The Morgan fingerprint density at radius 1 is 1.35 bits per heavy atom. The van der Waals surface area contributed by atoms with Gasteiger partial charge in [-0.2, -0.15) is 0 Å². The lowest BCUT2D eigenvalue weighted by Crippen LogP contribution is -2.02. The number of hydrogen-bond donors (Lipinski definition) is 0. The van der Waals surface area contributed by atoms with Gasteiger partial charge in [0.1, 0.15) is 5.75 Å². The van der Waals surface area contributed by atoms with Crippen LogP contribution in [0.5, 0.6) is 5.75 Å². The maximum absolute atomic E-state index is 10.9. The van der Waals surface area contributed by atoms with Gasteiger partial charge in [0.2, 0.25) is 0 Å². The third-order valence-electron chi connectivity index (χ3n) is 2.53. The topological polar surface area (TPSA) is 26.3 Å². The molecular formula is C15H20O2. The molecule has 92 valence electrons. The van der Waals surface area contributed by atoms with Crippen molar-refractivity contribution in [1.29, 1.82) is 0 Å². The Labute approximate surface area is 103 Å². The lowest BCUT2D eigenvalue weighted by molar-refractivity contribution is -0.131. The number of allylic oxidation sites excluding steroid dienone is 2. The number of hydrogen-bond acceptors (Lipinski definition) is 2. The van der Waals surface area contributed by atoms with E-state index < -0.39 is 0 Å². The van der Waals surface area contributed by atoms with Crippen LogP contribution in [0.3, 0.4) is 0 Å². The molecule has 0 heterocycles. The lowest BCUT2D eigenvalue weighted by atomic mass is 10.00. The Morgan fingerprint density at radius 2 is 2.12 bits per heavy atom. The molecule has 0 saturated carbocycles. The van der Waals surface area contributed by atoms with Crippen LogP contribution in [0.1, 0.15) is 38.3 Å². The highest BCUT2D eigenvalue weighted by molar-refractivity contribution is 5.69. The number of carbonyl (C=O) groups is 1. The first kappa shape index (κ1) is 13.5. The predicted octanol–water partition coefficient (Wildman–Crippen LogP) is 3.68. The fourth-order valence-electron chi connectivity index (χ4n) is 1.78. The van der Waals surface area contributed by atoms with Gasteiger partial charge in [0.05, 0.1) is 0 Å². The van der Waals surface area contributed by atoms with Gasteiger partial charge in [0.15, 0.2) is 0 Å². The molecule has 0 atom stereocenters. The minimum Gasteiger partial charge on any atom is -0.427 e. The van der Waals surface area contributed by atoms with Gasteiger partial charge in [-0.05, 0) is 43.0 Å². The van der Waals surface area contributed by atoms with E-state index in [-0.39, 0.29) is 5.97 Å². The van der Waals surface area contributed by atoms with Crippen LogP contribution in [0.2, 0.25) is 0 Å². The predicted molar refractivity (Wildman–Crippen MR) is 70.3 cm³/mol. The Morgan fingerprint density at radius 3 is 2.71 bits per heavy atom. The molecule has 0 N–H and O–H groups in total. The van der Waals surface area contributed by atoms with Crippen molar-refractivity contribution < 1.29 is 9.53 Å². The summed E-state index contributed by atoms with van der Waals surface area (Å²) in [5.41, 5.74) is 2.57. The molecule has 1 aromatic carbocycles. The van der Waals surface area contributed by atoms with Gasteiger partial charge in [-0.3, -0.25) is 4.79 Å². The molecule has 0 aliphatic heterocycles. The number of carbonyl (C=O) groups excluding carboxylic acids is 1. The molecule has 2 nitrogen and oxygen atoms in total. The van der Waals surface area contributed by atoms with Crippen LogP contribution in [0.25, 0.3) is 0 Å². The van der Waals surface area contributed by atoms with Crippen LogP contribution >= 0.6 is 0 Å². The van der Waals surface area contributed by atoms with E-state index in [2.05, 4.69) is 19.1 Å². The smallest absolute Gasteiger partial charge is 0.308 e. The molecular weight excluding hydrogens is 212 g/mol. The number of rotatable bonds is 5. The van der Waals surface area contributed by atoms with Crippen molar-refractivity contribution in [2.24, 2.45) is 0 Å². The zero-order valence-corrected chi connectivity index (χ0v) is 10.8. The Hall–Kier alpha value is -1.57. The molecule has 17 heavy (non-hydrogen) atoms. The fourth-order valence-corrected chi connectivity index (χ4v) is 1.78. The maximum atomic E-state index is 10.9. The van der Waals surface area contributed by atoms with E-state index in [1.54, 1.807) is 0 Å². The van der Waals surface area contributed by atoms with Gasteiger partial charge >= 0.3 is 5.97 Å². The summed E-state index contributed by atoms with van der Waals surface area (Å²) in [6.07, 6.45) is 7.23. The van der Waals surface area contributed by atoms with Crippen LogP contribution in [0, 0.1) is 0 Å². The van der Waals surface area contributed by atoms with E-state index >= 15 is 0 Å². The largest absolute Gasteiger partial charge is 0.427 e. The second-order valence-corrected chi connectivity index (χ2v) is 4.05. The maximum Gasteiger partial charge on any atom is 0.308 e. The summed E-state index contributed by atoms with van der Waals surface area (Å²) in [5.74, 6) is 0.363. The molecule has 0 radical (unpaired) electrons. The molecule has 0 bridgehead atoms. The van der Waals surface area contributed by atoms with Crippen molar-refractivity contribution in [2.45, 2.75) is 40.0 Å². The van der Waals surface area contributed by atoms with E-state index in [1.807, 2.05) is 25.1 Å². The minimum atomic E-state index is -0.273. The van der Waals surface area contributed by atoms with Crippen LogP contribution in [0.4, 0.5) is 0 Å². The van der Waals surface area contributed by atoms with Gasteiger partial charge in [0, 0.05) is 6.92 Å². The lowest BCUT2D eigenvalue weighted by Gasteiger charge is -2.09. The highest BCUT2D eigenvalue weighted by atomic mass is 16.5. The third kappa shape index (κ3) is 4.43. The average Bonchev–Trinajstić information content (AvgIpc) is 2.28. The highest BCUT2D eigenvalue weighted by Gasteiger charge is 2.04. The Balaban J connectivity index is 2.95. The summed E-state index contributed by atoms with van der Waals surface area (Å²) in [6, 6.07) is 5.89. The number of aryl methyl sites for hydroxylation is 1.